The lowest BCUT2D eigenvalue weighted by Gasteiger charge is -2.33. The molecule has 4 heterocycles. The average Bonchev–Trinajstić information content (AvgIpc) is 3.19. The van der Waals surface area contributed by atoms with E-state index >= 15 is 0 Å². The number of nitrogens with one attached hydrogen (secondary N) is 1. The van der Waals surface area contributed by atoms with Crippen LogP contribution in [0.5, 0.6) is 0 Å². The number of aromatic nitrogens is 6. The van der Waals surface area contributed by atoms with Gasteiger partial charge in [0.2, 0.25) is 11.9 Å². The SMILES string of the molecule is CC(C)(C)OC(=O)N1CCC(Cn2cnc3c(-c4cnc(N)nc4)nc(NCCO)nc32)CC1. The van der Waals surface area contributed by atoms with Crippen LogP contribution in [-0.4, -0.2) is 77.4 Å². The number of rotatable bonds is 6. The Morgan fingerprint density at radius 3 is 2.56 bits per heavy atom. The number of anilines is 2. The van der Waals surface area contributed by atoms with E-state index in [0.29, 0.717) is 60.5 Å². The number of amides is 1. The second-order valence-electron chi connectivity index (χ2n) is 9.36. The van der Waals surface area contributed by atoms with Gasteiger partial charge in [-0.2, -0.15) is 4.98 Å². The lowest BCUT2D eigenvalue weighted by Crippen LogP contribution is -2.42. The van der Waals surface area contributed by atoms with E-state index in [0.717, 1.165) is 12.8 Å². The second kappa shape index (κ2) is 9.75. The Balaban J connectivity index is 1.54. The minimum Gasteiger partial charge on any atom is -0.444 e. The van der Waals surface area contributed by atoms with Crippen molar-refractivity contribution in [2.75, 3.05) is 37.3 Å². The molecule has 0 spiro atoms. The van der Waals surface area contributed by atoms with E-state index in [-0.39, 0.29) is 18.6 Å². The molecule has 34 heavy (non-hydrogen) atoms. The molecule has 12 nitrogen and oxygen atoms in total. The standard InChI is InChI=1S/C22H31N9O3/c1-22(2,3)34-21(33)30-7-4-14(5-8-30)12-31-13-27-17-16(15-10-25-19(23)26-11-15)28-20(24-6-9-32)29-18(17)31/h10-11,13-14,32H,4-9,12H2,1-3H3,(H2,23,25,26)(H,24,28,29). The van der Waals surface area contributed by atoms with Crippen molar-refractivity contribution in [1.29, 1.82) is 0 Å². The number of nitrogens with two attached hydrogens (primary N) is 1. The molecule has 1 fully saturated rings. The molecule has 0 bridgehead atoms. The summed E-state index contributed by atoms with van der Waals surface area (Å²) in [5.74, 6) is 0.925. The van der Waals surface area contributed by atoms with E-state index in [1.54, 1.807) is 23.6 Å². The zero-order chi connectivity index (χ0) is 24.3. The second-order valence-corrected chi connectivity index (χ2v) is 9.36. The third kappa shape index (κ3) is 5.50. The number of hydrogen-bond acceptors (Lipinski definition) is 10. The van der Waals surface area contributed by atoms with Gasteiger partial charge in [-0.05, 0) is 39.5 Å². The number of carbonyl (C=O) groups excluding carboxylic acids is 1. The lowest BCUT2D eigenvalue weighted by molar-refractivity contribution is 0.0178. The fraction of sp³-hybridized carbons (Fsp3) is 0.545. The normalized spacial score (nSPS) is 15.0. The molecule has 4 N–H and O–H groups in total. The van der Waals surface area contributed by atoms with Crippen molar-refractivity contribution in [3.05, 3.63) is 18.7 Å². The van der Waals surface area contributed by atoms with Gasteiger partial charge < -0.3 is 30.4 Å². The van der Waals surface area contributed by atoms with Gasteiger partial charge >= 0.3 is 6.09 Å². The first-order valence-corrected chi connectivity index (χ1v) is 11.4. The van der Waals surface area contributed by atoms with Gasteiger partial charge in [-0.1, -0.05) is 0 Å². The maximum absolute atomic E-state index is 12.4. The van der Waals surface area contributed by atoms with Gasteiger partial charge in [-0.15, -0.1) is 0 Å². The van der Waals surface area contributed by atoms with Crippen LogP contribution in [0.3, 0.4) is 0 Å². The average molecular weight is 470 g/mol. The van der Waals surface area contributed by atoms with Crippen molar-refractivity contribution >= 4 is 29.2 Å². The molecule has 0 unspecified atom stereocenters. The van der Waals surface area contributed by atoms with E-state index < -0.39 is 5.60 Å². The summed E-state index contributed by atoms with van der Waals surface area (Å²) in [5, 5.41) is 12.2. The number of aliphatic hydroxyl groups is 1. The van der Waals surface area contributed by atoms with Crippen LogP contribution >= 0.6 is 0 Å². The van der Waals surface area contributed by atoms with Crippen LogP contribution in [0.25, 0.3) is 22.4 Å². The minimum atomic E-state index is -0.502. The quantitative estimate of drug-likeness (QED) is 0.487. The van der Waals surface area contributed by atoms with Crippen molar-refractivity contribution < 1.29 is 14.6 Å². The monoisotopic (exact) mass is 469 g/mol. The molecular formula is C22H31N9O3. The van der Waals surface area contributed by atoms with Gasteiger partial charge in [0.25, 0.3) is 0 Å². The first-order chi connectivity index (χ1) is 16.2. The summed E-state index contributed by atoms with van der Waals surface area (Å²) in [5.41, 5.74) is 7.70. The van der Waals surface area contributed by atoms with Crippen LogP contribution in [0, 0.1) is 5.92 Å². The van der Waals surface area contributed by atoms with Crippen LogP contribution in [0.2, 0.25) is 0 Å². The summed E-state index contributed by atoms with van der Waals surface area (Å²) < 4.78 is 7.51. The van der Waals surface area contributed by atoms with Gasteiger partial charge in [-0.3, -0.25) is 0 Å². The van der Waals surface area contributed by atoms with Crippen LogP contribution < -0.4 is 11.1 Å². The summed E-state index contributed by atoms with van der Waals surface area (Å²) in [4.78, 5) is 36.1. The zero-order valence-electron chi connectivity index (χ0n) is 19.7. The number of piperidine rings is 1. The molecule has 0 aromatic carbocycles. The molecule has 1 aliphatic rings. The number of likely N-dealkylation sites (tertiary alicyclic amines) is 1. The van der Waals surface area contributed by atoms with E-state index in [9.17, 15) is 9.90 Å². The molecular weight excluding hydrogens is 438 g/mol. The zero-order valence-corrected chi connectivity index (χ0v) is 19.7. The molecule has 3 aromatic rings. The summed E-state index contributed by atoms with van der Waals surface area (Å²) in [6.07, 6.45) is 6.42. The Morgan fingerprint density at radius 2 is 1.91 bits per heavy atom. The first kappa shape index (κ1) is 23.6. The number of nitrogen functional groups attached to an aromatic ring is 1. The largest absolute Gasteiger partial charge is 0.444 e. The Bertz CT molecular complexity index is 1130. The van der Waals surface area contributed by atoms with Gasteiger partial charge in [0, 0.05) is 44.1 Å². The minimum absolute atomic E-state index is 0.0444. The number of aliphatic hydroxyl groups excluding tert-OH is 1. The molecule has 4 rings (SSSR count). The number of ether oxygens (including phenoxy) is 1. The number of fused-ring (bicyclic) bond motifs is 1. The molecule has 0 saturated carbocycles. The number of nitrogens with zero attached hydrogens (tertiary/aromatic N) is 7. The van der Waals surface area contributed by atoms with Crippen molar-refractivity contribution in [2.45, 2.75) is 45.8 Å². The third-order valence-corrected chi connectivity index (χ3v) is 5.53. The fourth-order valence-electron chi connectivity index (χ4n) is 3.89. The summed E-state index contributed by atoms with van der Waals surface area (Å²) in [6.45, 7) is 7.91. The Labute approximate surface area is 197 Å². The van der Waals surface area contributed by atoms with Crippen LogP contribution in [-0.2, 0) is 11.3 Å². The van der Waals surface area contributed by atoms with Gasteiger partial charge in [0.15, 0.2) is 5.65 Å². The van der Waals surface area contributed by atoms with Gasteiger partial charge in [0.1, 0.15) is 16.8 Å². The Morgan fingerprint density at radius 1 is 1.21 bits per heavy atom. The fourth-order valence-corrected chi connectivity index (χ4v) is 3.89. The number of hydrogen-bond donors (Lipinski definition) is 3. The van der Waals surface area contributed by atoms with Crippen molar-refractivity contribution in [3.63, 3.8) is 0 Å². The topological polar surface area (TPSA) is 157 Å². The lowest BCUT2D eigenvalue weighted by atomic mass is 9.97. The van der Waals surface area contributed by atoms with E-state index in [1.165, 1.54) is 0 Å². The predicted molar refractivity (Wildman–Crippen MR) is 127 cm³/mol. The predicted octanol–water partition coefficient (Wildman–Crippen LogP) is 1.92. The number of carbonyl (C=O) groups is 1. The highest BCUT2D eigenvalue weighted by Gasteiger charge is 2.27. The molecule has 1 aliphatic heterocycles. The third-order valence-electron chi connectivity index (χ3n) is 5.53. The van der Waals surface area contributed by atoms with E-state index in [2.05, 4.69) is 30.2 Å². The molecule has 0 atom stereocenters. The van der Waals surface area contributed by atoms with E-state index in [1.807, 2.05) is 25.3 Å². The highest BCUT2D eigenvalue weighted by molar-refractivity contribution is 5.88. The van der Waals surface area contributed by atoms with Crippen molar-refractivity contribution in [1.82, 2.24) is 34.4 Å². The number of imidazole rings is 1. The maximum Gasteiger partial charge on any atom is 0.410 e. The summed E-state index contributed by atoms with van der Waals surface area (Å²) >= 11 is 0. The van der Waals surface area contributed by atoms with Crippen LogP contribution in [0.15, 0.2) is 18.7 Å². The molecule has 3 aromatic heterocycles. The first-order valence-electron chi connectivity index (χ1n) is 11.4. The van der Waals surface area contributed by atoms with E-state index in [4.69, 9.17) is 10.5 Å². The van der Waals surface area contributed by atoms with Crippen LogP contribution in [0.4, 0.5) is 16.7 Å². The molecule has 12 heteroatoms. The molecule has 1 saturated heterocycles. The molecule has 0 aliphatic carbocycles. The Hall–Kier alpha value is -3.54. The van der Waals surface area contributed by atoms with Crippen molar-refractivity contribution in [3.8, 4) is 11.3 Å². The molecule has 1 amide bonds. The highest BCUT2D eigenvalue weighted by atomic mass is 16.6. The smallest absolute Gasteiger partial charge is 0.410 e. The summed E-state index contributed by atoms with van der Waals surface area (Å²) in [6, 6.07) is 0. The Kier molecular flexibility index (Phi) is 6.77. The van der Waals surface area contributed by atoms with Crippen molar-refractivity contribution in [2.24, 2.45) is 5.92 Å². The van der Waals surface area contributed by atoms with Gasteiger partial charge in [0.05, 0.1) is 12.9 Å². The summed E-state index contributed by atoms with van der Waals surface area (Å²) in [7, 11) is 0. The maximum atomic E-state index is 12.4. The molecule has 182 valence electrons. The van der Waals surface area contributed by atoms with Crippen LogP contribution in [0.1, 0.15) is 33.6 Å². The highest BCUT2D eigenvalue weighted by Crippen LogP contribution is 2.28. The van der Waals surface area contributed by atoms with Gasteiger partial charge in [-0.25, -0.2) is 24.7 Å². The molecule has 0 radical (unpaired) electrons.